The van der Waals surface area contributed by atoms with Gasteiger partial charge in [0, 0.05) is 36.0 Å². The summed E-state index contributed by atoms with van der Waals surface area (Å²) in [5.74, 6) is -4.94. The van der Waals surface area contributed by atoms with Crippen molar-refractivity contribution in [2.45, 2.75) is 56.5 Å². The number of nitrogen functional groups attached to an aromatic ring is 1. The van der Waals surface area contributed by atoms with E-state index in [1.807, 2.05) is 0 Å². The maximum Gasteiger partial charge on any atom is 0.350 e. The molecule has 0 bridgehead atoms. The van der Waals surface area contributed by atoms with Crippen LogP contribution in [0.4, 0.5) is 5.13 Å². The predicted octanol–water partition coefficient (Wildman–Crippen LogP) is 0.542. The second-order valence-corrected chi connectivity index (χ2v) is 15.9. The molecule has 54 heavy (non-hydrogen) atoms. The van der Waals surface area contributed by atoms with Crippen LogP contribution >= 0.6 is 34.7 Å². The van der Waals surface area contributed by atoms with Crippen LogP contribution in [-0.2, 0) is 35.2 Å². The number of thioether (sulfide) groups is 1. The number of hydroxylamine groups is 2. The molecule has 0 radical (unpaired) electrons. The van der Waals surface area contributed by atoms with Crippen molar-refractivity contribution < 1.29 is 58.6 Å². The number of aliphatic carboxylic acids is 2. The summed E-state index contributed by atoms with van der Waals surface area (Å²) in [6, 6.07) is 1.99. The van der Waals surface area contributed by atoms with Crippen molar-refractivity contribution >= 4 is 75.2 Å². The highest BCUT2D eigenvalue weighted by molar-refractivity contribution is 8.00. The van der Waals surface area contributed by atoms with Gasteiger partial charge in [0.15, 0.2) is 22.3 Å². The number of carbonyl (C=O) groups is 5. The van der Waals surface area contributed by atoms with Crippen LogP contribution in [0.15, 0.2) is 33.9 Å². The first-order chi connectivity index (χ1) is 25.5. The lowest BCUT2D eigenvalue weighted by molar-refractivity contribution is -0.912. The van der Waals surface area contributed by atoms with E-state index in [-0.39, 0.29) is 64.7 Å². The number of hydrogen-bond donors (Lipinski definition) is 5. The number of rotatable bonds is 16. The first kappa shape index (κ1) is 40.6. The molecule has 2 atom stereocenters. The summed E-state index contributed by atoms with van der Waals surface area (Å²) in [7, 11) is 1.39. The first-order valence-corrected chi connectivity index (χ1v) is 19.1. The molecule has 2 aromatic rings. The Morgan fingerprint density at radius 1 is 1.26 bits per heavy atom. The average Bonchev–Trinajstić information content (AvgIpc) is 3.78. The fraction of sp³-hybridized carbons (Fsp3) is 0.485. The predicted molar refractivity (Wildman–Crippen MR) is 193 cm³/mol. The van der Waals surface area contributed by atoms with Gasteiger partial charge in [0.1, 0.15) is 23.7 Å². The van der Waals surface area contributed by atoms with Crippen LogP contribution in [0.3, 0.4) is 0 Å². The normalized spacial score (nSPS) is 19.5. The Balaban J connectivity index is 1.25. The van der Waals surface area contributed by atoms with E-state index in [2.05, 4.69) is 15.5 Å². The van der Waals surface area contributed by atoms with Crippen LogP contribution < -0.4 is 20.9 Å². The standard InChI is InChI=1S/C33H40ClN7O11S2/c1-33(2,31(48)49)52-38-23(19-16-54-32(35)36-19)27(44)37-24-28(45)40-25(30(46)47)18(15-53-29(24)40)14-41(11-4-5-12-41)13-10-39(50)21(42)9-7-17-6-8-20(51-3)26(43)22(17)34/h6,8,16,24,29,50H,4-5,7,9-15H2,1-3H3,(H5-,35,36,37,43,44,46,47,48,49)/b38-23-/t24-,29-/m1/s1. The van der Waals surface area contributed by atoms with Gasteiger partial charge in [-0.05, 0) is 31.9 Å². The molecule has 2 fully saturated rings. The van der Waals surface area contributed by atoms with E-state index in [9.17, 15) is 44.5 Å². The number of nitrogens with one attached hydrogen (secondary N) is 1. The fourth-order valence-corrected chi connectivity index (χ4v) is 8.56. The molecule has 2 saturated heterocycles. The number of nitrogens with two attached hydrogens (primary N) is 1. The molecule has 292 valence electrons. The number of anilines is 1. The molecule has 0 spiro atoms. The molecule has 1 aromatic heterocycles. The molecular formula is C33H40ClN7O11S2. The number of carbonyl (C=O) groups excluding carboxylic acids is 4. The number of carboxylic acids is 2. The lowest BCUT2D eigenvalue weighted by atomic mass is 10.0. The van der Waals surface area contributed by atoms with Crippen molar-refractivity contribution in [2.24, 2.45) is 5.16 Å². The number of amides is 3. The van der Waals surface area contributed by atoms with Gasteiger partial charge in [-0.25, -0.2) is 14.8 Å². The quantitative estimate of drug-likeness (QED) is 0.0510. The molecule has 3 aliphatic heterocycles. The Bertz CT molecular complexity index is 1900. The van der Waals surface area contributed by atoms with Gasteiger partial charge in [-0.2, -0.15) is 0 Å². The third kappa shape index (κ3) is 8.51. The van der Waals surface area contributed by atoms with Crippen molar-refractivity contribution in [3.8, 4) is 11.5 Å². The van der Waals surface area contributed by atoms with Gasteiger partial charge in [0.2, 0.25) is 11.5 Å². The minimum Gasteiger partial charge on any atom is -0.543 e. The molecule has 0 aliphatic carbocycles. The van der Waals surface area contributed by atoms with Gasteiger partial charge in [-0.15, -0.1) is 23.1 Å². The summed E-state index contributed by atoms with van der Waals surface area (Å²) in [6.07, 6.45) is 1.73. The monoisotopic (exact) mass is 809 g/mol. The Morgan fingerprint density at radius 2 is 1.96 bits per heavy atom. The molecule has 3 aliphatic rings. The molecule has 0 saturated carbocycles. The maximum atomic E-state index is 13.5. The third-order valence-corrected chi connectivity index (χ3v) is 11.9. The molecule has 21 heteroatoms. The minimum absolute atomic E-state index is 0.0154. The molecule has 0 unspecified atom stereocenters. The number of hydrogen-bond acceptors (Lipinski definition) is 15. The van der Waals surface area contributed by atoms with Crippen LogP contribution in [-0.4, -0.2) is 133 Å². The highest BCUT2D eigenvalue weighted by Gasteiger charge is 2.54. The third-order valence-electron chi connectivity index (χ3n) is 9.49. The van der Waals surface area contributed by atoms with Gasteiger partial charge in [0.05, 0.1) is 50.0 Å². The smallest absolute Gasteiger partial charge is 0.350 e. The highest BCUT2D eigenvalue weighted by atomic mass is 35.5. The number of likely N-dealkylation sites (tertiary alicyclic amines) is 1. The molecule has 6 N–H and O–H groups in total. The van der Waals surface area contributed by atoms with E-state index in [1.165, 1.54) is 44.2 Å². The molecular weight excluding hydrogens is 770 g/mol. The summed E-state index contributed by atoms with van der Waals surface area (Å²) in [5, 5.41) is 50.5. The number of ether oxygens (including phenoxy) is 1. The van der Waals surface area contributed by atoms with Crippen LogP contribution in [0.2, 0.25) is 5.02 Å². The minimum atomic E-state index is -1.81. The summed E-state index contributed by atoms with van der Waals surface area (Å²) < 4.78 is 5.40. The van der Waals surface area contributed by atoms with Crippen LogP contribution in [0.1, 0.15) is 44.4 Å². The Morgan fingerprint density at radius 3 is 2.57 bits per heavy atom. The largest absolute Gasteiger partial charge is 0.543 e. The fourth-order valence-electron chi connectivity index (χ4n) is 6.42. The first-order valence-electron chi connectivity index (χ1n) is 16.8. The number of aromatic hydroxyl groups is 1. The van der Waals surface area contributed by atoms with E-state index in [4.69, 9.17) is 26.9 Å². The number of carboxylic acid groups (broad SMARTS) is 2. The number of phenolic OH excluding ortho intramolecular Hbond substituents is 1. The zero-order chi connectivity index (χ0) is 39.5. The molecule has 18 nitrogen and oxygen atoms in total. The number of β-lactam (4-membered cyclic amide) rings is 1. The van der Waals surface area contributed by atoms with E-state index >= 15 is 0 Å². The number of aryl methyl sites for hydroxylation is 1. The summed E-state index contributed by atoms with van der Waals surface area (Å²) in [5.41, 5.74) is 4.14. The number of nitrogens with zero attached hydrogens (tertiary/aromatic N) is 5. The second-order valence-electron chi connectivity index (χ2n) is 13.5. The summed E-state index contributed by atoms with van der Waals surface area (Å²) >= 11 is 8.47. The van der Waals surface area contributed by atoms with Gasteiger partial charge < -0.3 is 45.2 Å². The van der Waals surface area contributed by atoms with Crippen LogP contribution in [0, 0.1) is 0 Å². The lowest BCUT2D eigenvalue weighted by Gasteiger charge is -2.51. The van der Waals surface area contributed by atoms with Crippen molar-refractivity contribution in [1.29, 1.82) is 0 Å². The number of halogens is 1. The van der Waals surface area contributed by atoms with Gasteiger partial charge in [-0.3, -0.25) is 24.5 Å². The number of phenols is 1. The number of fused-ring (bicyclic) bond motifs is 1. The number of benzene rings is 1. The highest BCUT2D eigenvalue weighted by Crippen LogP contribution is 2.41. The van der Waals surface area contributed by atoms with Crippen molar-refractivity contribution in [2.75, 3.05) is 51.3 Å². The SMILES string of the molecule is COc1ccc(CCC(=O)N(O)CC[N+]2(CC3=C(C(=O)[O-])N4C(=O)[C@@H](NC(=O)/C(=N\OC(C)(C)C(=O)O)c5csc(N)n5)[C@H]4SC3)CCCC2)c(Cl)c1O. The van der Waals surface area contributed by atoms with E-state index in [1.54, 1.807) is 6.07 Å². The Kier molecular flexibility index (Phi) is 12.3. The van der Waals surface area contributed by atoms with Gasteiger partial charge in [0.25, 0.3) is 11.8 Å². The number of methoxy groups -OCH3 is 1. The molecule has 4 heterocycles. The van der Waals surface area contributed by atoms with Gasteiger partial charge in [-0.1, -0.05) is 22.8 Å². The number of quaternary nitrogens is 1. The van der Waals surface area contributed by atoms with E-state index in [0.717, 1.165) is 29.1 Å². The van der Waals surface area contributed by atoms with Crippen molar-refractivity contribution in [1.82, 2.24) is 20.3 Å². The van der Waals surface area contributed by atoms with E-state index < -0.39 is 52.4 Å². The Hall–Kier alpha value is -4.63. The summed E-state index contributed by atoms with van der Waals surface area (Å²) in [6.45, 7) is 4.25. The number of thiazole rings is 1. The zero-order valence-electron chi connectivity index (χ0n) is 29.6. The maximum absolute atomic E-state index is 13.5. The average molecular weight is 810 g/mol. The second kappa shape index (κ2) is 16.4. The number of aromatic nitrogens is 1. The zero-order valence-corrected chi connectivity index (χ0v) is 32.0. The van der Waals surface area contributed by atoms with Crippen LogP contribution in [0.25, 0.3) is 0 Å². The Labute approximate surface area is 322 Å². The van der Waals surface area contributed by atoms with Crippen LogP contribution in [0.5, 0.6) is 11.5 Å². The lowest BCUT2D eigenvalue weighted by Crippen LogP contribution is -2.72. The topological polar surface area (TPSA) is 257 Å². The van der Waals surface area contributed by atoms with Crippen molar-refractivity contribution in [3.63, 3.8) is 0 Å². The number of oxime groups is 1. The summed E-state index contributed by atoms with van der Waals surface area (Å²) in [4.78, 5) is 74.1. The molecule has 1 aromatic carbocycles. The van der Waals surface area contributed by atoms with Crippen molar-refractivity contribution in [3.05, 3.63) is 45.1 Å². The molecule has 3 amide bonds. The molecule has 5 rings (SSSR count). The van der Waals surface area contributed by atoms with Gasteiger partial charge >= 0.3 is 5.97 Å². The van der Waals surface area contributed by atoms with E-state index in [0.29, 0.717) is 40.3 Å².